The fraction of sp³-hybridized carbons (Fsp3) is 0.312. The van der Waals surface area contributed by atoms with Crippen LogP contribution in [-0.2, 0) is 6.54 Å². The summed E-state index contributed by atoms with van der Waals surface area (Å²) in [6, 6.07) is 9.68. The van der Waals surface area contributed by atoms with Gasteiger partial charge in [0.05, 0.1) is 11.2 Å². The van der Waals surface area contributed by atoms with Gasteiger partial charge >= 0.3 is 0 Å². The molecule has 0 fully saturated rings. The van der Waals surface area contributed by atoms with Crippen LogP contribution in [0.25, 0.3) is 21.8 Å². The molecule has 0 atom stereocenters. The Hall–Kier alpha value is -1.94. The van der Waals surface area contributed by atoms with E-state index < -0.39 is 5.95 Å². The minimum absolute atomic E-state index is 0.412. The Balaban J connectivity index is 2.33. The summed E-state index contributed by atoms with van der Waals surface area (Å²) in [5.74, 6) is -0.412. The van der Waals surface area contributed by atoms with Crippen LogP contribution >= 0.6 is 0 Å². The molecule has 0 aliphatic heterocycles. The Bertz CT molecular complexity index is 774. The lowest BCUT2D eigenvalue weighted by Gasteiger charge is -2.13. The van der Waals surface area contributed by atoms with Crippen LogP contribution in [-0.4, -0.2) is 35.1 Å². The number of hydrogen-bond acceptors (Lipinski definition) is 2. The first-order valence-corrected chi connectivity index (χ1v) is 6.76. The molecule has 0 unspecified atom stereocenters. The maximum atomic E-state index is 13.6. The van der Waals surface area contributed by atoms with Crippen molar-refractivity contribution in [3.8, 4) is 0 Å². The Kier molecular flexibility index (Phi) is 3.18. The number of aromatic nitrogens is 2. The van der Waals surface area contributed by atoms with Crippen molar-refractivity contribution in [1.29, 1.82) is 0 Å². The molecular formula is C16H18FN3. The molecule has 3 nitrogen and oxygen atoms in total. The van der Waals surface area contributed by atoms with E-state index in [9.17, 15) is 4.39 Å². The maximum Gasteiger partial charge on any atom is 0.213 e. The van der Waals surface area contributed by atoms with Crippen molar-refractivity contribution in [2.24, 2.45) is 0 Å². The number of halogens is 1. The number of benzene rings is 1. The van der Waals surface area contributed by atoms with Gasteiger partial charge in [-0.2, -0.15) is 4.39 Å². The summed E-state index contributed by atoms with van der Waals surface area (Å²) in [6.07, 6.45) is 0. The number of hydrogen-bond donors (Lipinski definition) is 0. The molecule has 2 aromatic heterocycles. The Morgan fingerprint density at radius 3 is 2.70 bits per heavy atom. The Morgan fingerprint density at radius 2 is 1.95 bits per heavy atom. The van der Waals surface area contributed by atoms with Gasteiger partial charge in [-0.25, -0.2) is 4.98 Å². The molecule has 1 aromatic carbocycles. The van der Waals surface area contributed by atoms with E-state index in [-0.39, 0.29) is 0 Å². The second-order valence-corrected chi connectivity index (χ2v) is 5.40. The third-order valence-electron chi connectivity index (χ3n) is 3.66. The fourth-order valence-electron chi connectivity index (χ4n) is 2.76. The number of pyridine rings is 1. The lowest BCUT2D eigenvalue weighted by atomic mass is 10.2. The first kappa shape index (κ1) is 13.1. The summed E-state index contributed by atoms with van der Waals surface area (Å²) in [6.45, 7) is 3.67. The van der Waals surface area contributed by atoms with Gasteiger partial charge in [0.1, 0.15) is 0 Å². The second kappa shape index (κ2) is 4.87. The zero-order valence-electron chi connectivity index (χ0n) is 12.0. The zero-order chi connectivity index (χ0) is 14.3. The highest BCUT2D eigenvalue weighted by Crippen LogP contribution is 2.30. The fourth-order valence-corrected chi connectivity index (χ4v) is 2.76. The molecule has 0 aliphatic carbocycles. The Morgan fingerprint density at radius 1 is 1.20 bits per heavy atom. The van der Waals surface area contributed by atoms with Crippen LogP contribution in [0.1, 0.15) is 5.69 Å². The number of para-hydroxylation sites is 1. The molecule has 0 N–H and O–H groups in total. The van der Waals surface area contributed by atoms with Crippen molar-refractivity contribution in [1.82, 2.24) is 14.5 Å². The highest BCUT2D eigenvalue weighted by atomic mass is 19.1. The molecule has 4 heteroatoms. The van der Waals surface area contributed by atoms with E-state index >= 15 is 0 Å². The van der Waals surface area contributed by atoms with E-state index in [4.69, 9.17) is 0 Å². The van der Waals surface area contributed by atoms with Crippen molar-refractivity contribution in [3.63, 3.8) is 0 Å². The molecule has 20 heavy (non-hydrogen) atoms. The Labute approximate surface area is 117 Å². The molecular weight excluding hydrogens is 253 g/mol. The van der Waals surface area contributed by atoms with Gasteiger partial charge in [-0.1, -0.05) is 18.2 Å². The quantitative estimate of drug-likeness (QED) is 0.682. The van der Waals surface area contributed by atoms with Gasteiger partial charge in [-0.15, -0.1) is 0 Å². The van der Waals surface area contributed by atoms with Crippen LogP contribution in [0.5, 0.6) is 0 Å². The molecule has 0 saturated heterocycles. The number of aryl methyl sites for hydroxylation is 1. The molecule has 104 valence electrons. The predicted octanol–water partition coefficient (Wildman–Crippen LogP) is 3.20. The minimum atomic E-state index is -0.412. The van der Waals surface area contributed by atoms with Crippen LogP contribution in [0.4, 0.5) is 4.39 Å². The summed E-state index contributed by atoms with van der Waals surface area (Å²) < 4.78 is 15.9. The van der Waals surface area contributed by atoms with Gasteiger partial charge in [0.25, 0.3) is 0 Å². The van der Waals surface area contributed by atoms with Crippen molar-refractivity contribution >= 4 is 21.8 Å². The van der Waals surface area contributed by atoms with Crippen LogP contribution in [0.2, 0.25) is 0 Å². The van der Waals surface area contributed by atoms with Crippen molar-refractivity contribution in [2.45, 2.75) is 13.5 Å². The average molecular weight is 271 g/mol. The van der Waals surface area contributed by atoms with E-state index in [2.05, 4.69) is 34.6 Å². The monoisotopic (exact) mass is 271 g/mol. The van der Waals surface area contributed by atoms with E-state index in [0.717, 1.165) is 40.6 Å². The van der Waals surface area contributed by atoms with Crippen molar-refractivity contribution in [3.05, 3.63) is 42.0 Å². The van der Waals surface area contributed by atoms with Crippen molar-refractivity contribution < 1.29 is 4.39 Å². The zero-order valence-corrected chi connectivity index (χ0v) is 12.0. The standard InChI is InChI=1S/C16H18FN3/c1-11-16-13(10-15(17)18-11)12-6-4-5-7-14(12)20(16)9-8-19(2)3/h4-7,10H,8-9H2,1-3H3. The largest absolute Gasteiger partial charge is 0.338 e. The first-order chi connectivity index (χ1) is 9.58. The highest BCUT2D eigenvalue weighted by molar-refractivity contribution is 6.08. The number of fused-ring (bicyclic) bond motifs is 3. The molecule has 3 aromatic rings. The minimum Gasteiger partial charge on any atom is -0.338 e. The number of likely N-dealkylation sites (N-methyl/N-ethyl adjacent to an activating group) is 1. The molecule has 0 spiro atoms. The third kappa shape index (κ3) is 2.06. The molecule has 3 rings (SSSR count). The summed E-state index contributed by atoms with van der Waals surface area (Å²) in [5, 5.41) is 2.04. The van der Waals surface area contributed by atoms with E-state index in [1.807, 2.05) is 25.1 Å². The number of nitrogens with zero attached hydrogens (tertiary/aromatic N) is 3. The summed E-state index contributed by atoms with van der Waals surface area (Å²) in [7, 11) is 4.11. The predicted molar refractivity (Wildman–Crippen MR) is 80.5 cm³/mol. The van der Waals surface area contributed by atoms with Crippen LogP contribution in [0, 0.1) is 12.9 Å². The molecule has 0 aliphatic rings. The number of rotatable bonds is 3. The van der Waals surface area contributed by atoms with Gasteiger partial charge in [0.2, 0.25) is 5.95 Å². The molecule has 0 saturated carbocycles. The molecule has 2 heterocycles. The van der Waals surface area contributed by atoms with E-state index in [0.29, 0.717) is 0 Å². The van der Waals surface area contributed by atoms with Gasteiger partial charge < -0.3 is 9.47 Å². The van der Waals surface area contributed by atoms with Crippen LogP contribution in [0.3, 0.4) is 0 Å². The first-order valence-electron chi connectivity index (χ1n) is 6.76. The molecule has 0 amide bonds. The summed E-state index contributed by atoms with van der Waals surface area (Å²) in [5.41, 5.74) is 2.92. The maximum absolute atomic E-state index is 13.6. The lowest BCUT2D eigenvalue weighted by Crippen LogP contribution is -2.18. The van der Waals surface area contributed by atoms with Gasteiger partial charge in [0.15, 0.2) is 0 Å². The SMILES string of the molecule is Cc1nc(F)cc2c3ccccc3n(CCN(C)C)c12. The lowest BCUT2D eigenvalue weighted by molar-refractivity contribution is 0.389. The van der Waals surface area contributed by atoms with Gasteiger partial charge in [-0.05, 0) is 27.1 Å². The average Bonchev–Trinajstić information content (AvgIpc) is 2.71. The van der Waals surface area contributed by atoms with Gasteiger partial charge in [0, 0.05) is 35.4 Å². The smallest absolute Gasteiger partial charge is 0.213 e. The molecule has 0 bridgehead atoms. The molecule has 0 radical (unpaired) electrons. The van der Waals surface area contributed by atoms with Gasteiger partial charge in [-0.3, -0.25) is 0 Å². The third-order valence-corrected chi connectivity index (χ3v) is 3.66. The second-order valence-electron chi connectivity index (χ2n) is 5.40. The summed E-state index contributed by atoms with van der Waals surface area (Å²) >= 11 is 0. The normalized spacial score (nSPS) is 11.8. The highest BCUT2D eigenvalue weighted by Gasteiger charge is 2.14. The van der Waals surface area contributed by atoms with E-state index in [1.54, 1.807) is 0 Å². The van der Waals surface area contributed by atoms with Crippen LogP contribution < -0.4 is 0 Å². The topological polar surface area (TPSA) is 21.1 Å². The van der Waals surface area contributed by atoms with E-state index in [1.165, 1.54) is 6.07 Å². The van der Waals surface area contributed by atoms with Crippen LogP contribution in [0.15, 0.2) is 30.3 Å². The van der Waals surface area contributed by atoms with Crippen molar-refractivity contribution in [2.75, 3.05) is 20.6 Å². The summed E-state index contributed by atoms with van der Waals surface area (Å²) in [4.78, 5) is 6.13.